The summed E-state index contributed by atoms with van der Waals surface area (Å²) >= 11 is 0. The van der Waals surface area contributed by atoms with Crippen LogP contribution in [0, 0.1) is 0 Å². The van der Waals surface area contributed by atoms with Gasteiger partial charge in [-0.25, -0.2) is 0 Å². The van der Waals surface area contributed by atoms with Gasteiger partial charge in [0.15, 0.2) is 0 Å². The molecule has 0 saturated heterocycles. The van der Waals surface area contributed by atoms with Gasteiger partial charge >= 0.3 is 0 Å². The number of tetrazole rings is 1. The summed E-state index contributed by atoms with van der Waals surface area (Å²) in [7, 11) is 0. The lowest BCUT2D eigenvalue weighted by atomic mass is 10.2. The van der Waals surface area contributed by atoms with Crippen molar-refractivity contribution in [1.82, 2.24) is 25.5 Å². The monoisotopic (exact) mass is 257 g/mol. The molecule has 1 aliphatic carbocycles. The summed E-state index contributed by atoms with van der Waals surface area (Å²) in [6.45, 7) is 3.08. The lowest BCUT2D eigenvalue weighted by Gasteiger charge is -2.13. The van der Waals surface area contributed by atoms with E-state index in [4.69, 9.17) is 0 Å². The maximum Gasteiger partial charge on any atom is 0.204 e. The van der Waals surface area contributed by atoms with E-state index in [1.165, 1.54) is 12.8 Å². The third kappa shape index (κ3) is 2.98. The average molecular weight is 257 g/mol. The van der Waals surface area contributed by atoms with E-state index in [9.17, 15) is 0 Å². The Kier molecular flexibility index (Phi) is 3.55. The molecule has 2 aromatic rings. The number of nitrogens with one attached hydrogen (secondary N) is 1. The summed E-state index contributed by atoms with van der Waals surface area (Å²) in [5, 5.41) is 16.4. The Balaban J connectivity index is 1.71. The summed E-state index contributed by atoms with van der Waals surface area (Å²) in [4.78, 5) is 1.75. The van der Waals surface area contributed by atoms with Crippen LogP contribution in [-0.4, -0.2) is 32.8 Å². The fourth-order valence-corrected chi connectivity index (χ4v) is 2.06. The van der Waals surface area contributed by atoms with Crippen LogP contribution >= 0.6 is 0 Å². The van der Waals surface area contributed by atoms with Crippen molar-refractivity contribution in [3.05, 3.63) is 30.3 Å². The van der Waals surface area contributed by atoms with E-state index in [0.29, 0.717) is 11.9 Å². The molecule has 1 atom stereocenters. The molecule has 1 N–H and O–H groups in total. The Bertz CT molecular complexity index is 518. The van der Waals surface area contributed by atoms with Crippen LogP contribution in [0.4, 0.5) is 0 Å². The molecule has 0 aliphatic heterocycles. The van der Waals surface area contributed by atoms with Crippen LogP contribution in [0.5, 0.6) is 0 Å². The fourth-order valence-electron chi connectivity index (χ4n) is 2.06. The van der Waals surface area contributed by atoms with E-state index in [2.05, 4.69) is 27.7 Å². The van der Waals surface area contributed by atoms with Gasteiger partial charge in [0.25, 0.3) is 0 Å². The second-order valence-corrected chi connectivity index (χ2v) is 5.04. The molecule has 0 radical (unpaired) electrons. The molecule has 0 spiro atoms. The summed E-state index contributed by atoms with van der Waals surface area (Å²) in [5.74, 6) is 0.700. The van der Waals surface area contributed by atoms with E-state index >= 15 is 0 Å². The van der Waals surface area contributed by atoms with E-state index in [0.717, 1.165) is 18.5 Å². The molecule has 1 aliphatic rings. The first-order chi connectivity index (χ1) is 9.36. The van der Waals surface area contributed by atoms with Crippen LogP contribution in [0.2, 0.25) is 0 Å². The van der Waals surface area contributed by atoms with Crippen LogP contribution in [-0.2, 0) is 0 Å². The highest BCUT2D eigenvalue weighted by molar-refractivity contribution is 5.52. The van der Waals surface area contributed by atoms with Crippen molar-refractivity contribution < 1.29 is 0 Å². The van der Waals surface area contributed by atoms with E-state index in [1.54, 1.807) is 4.80 Å². The first kappa shape index (κ1) is 12.3. The summed E-state index contributed by atoms with van der Waals surface area (Å²) in [6.07, 6.45) is 3.61. The topological polar surface area (TPSA) is 55.6 Å². The largest absolute Gasteiger partial charge is 0.312 e. The standard InChI is InChI=1S/C14H19N5/c1-2-13(10-15-12-8-9-12)19-17-14(16-18-19)11-6-4-3-5-7-11/h3-7,12-13,15H,2,8-10H2,1H3. The number of benzene rings is 1. The second-order valence-electron chi connectivity index (χ2n) is 5.04. The highest BCUT2D eigenvalue weighted by Gasteiger charge is 2.22. The second kappa shape index (κ2) is 5.48. The molecule has 1 aromatic carbocycles. The maximum absolute atomic E-state index is 4.50. The minimum atomic E-state index is 0.283. The Morgan fingerprint density at radius 2 is 2.11 bits per heavy atom. The number of nitrogens with zero attached hydrogens (tertiary/aromatic N) is 4. The molecule has 100 valence electrons. The van der Waals surface area contributed by atoms with Crippen LogP contribution in [0.25, 0.3) is 11.4 Å². The van der Waals surface area contributed by atoms with E-state index in [1.807, 2.05) is 30.3 Å². The van der Waals surface area contributed by atoms with Crippen LogP contribution in [0.1, 0.15) is 32.2 Å². The van der Waals surface area contributed by atoms with Crippen molar-refractivity contribution >= 4 is 0 Å². The van der Waals surface area contributed by atoms with Crippen molar-refractivity contribution in [3.8, 4) is 11.4 Å². The first-order valence-electron chi connectivity index (χ1n) is 6.95. The Labute approximate surface area is 113 Å². The van der Waals surface area contributed by atoms with Crippen LogP contribution < -0.4 is 5.32 Å². The molecule has 5 heteroatoms. The predicted octanol–water partition coefficient (Wildman–Crippen LogP) is 2.04. The zero-order valence-corrected chi connectivity index (χ0v) is 11.2. The third-order valence-electron chi connectivity index (χ3n) is 3.48. The number of hydrogen-bond acceptors (Lipinski definition) is 4. The Morgan fingerprint density at radius 1 is 1.32 bits per heavy atom. The molecule has 1 saturated carbocycles. The van der Waals surface area contributed by atoms with Gasteiger partial charge < -0.3 is 5.32 Å². The van der Waals surface area contributed by atoms with Crippen LogP contribution in [0.15, 0.2) is 30.3 Å². The normalized spacial score (nSPS) is 16.5. The molecule has 19 heavy (non-hydrogen) atoms. The average Bonchev–Trinajstić information content (AvgIpc) is 3.16. The number of hydrogen-bond donors (Lipinski definition) is 1. The lowest BCUT2D eigenvalue weighted by molar-refractivity contribution is 0.365. The lowest BCUT2D eigenvalue weighted by Crippen LogP contribution is -2.28. The third-order valence-corrected chi connectivity index (χ3v) is 3.48. The van der Waals surface area contributed by atoms with Crippen molar-refractivity contribution in [2.24, 2.45) is 0 Å². The fraction of sp³-hybridized carbons (Fsp3) is 0.500. The maximum atomic E-state index is 4.50. The Hall–Kier alpha value is -1.75. The molecule has 1 heterocycles. The molecular formula is C14H19N5. The van der Waals surface area contributed by atoms with Crippen molar-refractivity contribution in [2.45, 2.75) is 38.3 Å². The quantitative estimate of drug-likeness (QED) is 0.860. The van der Waals surface area contributed by atoms with Crippen LogP contribution in [0.3, 0.4) is 0 Å². The summed E-state index contributed by atoms with van der Waals surface area (Å²) in [5.41, 5.74) is 1.01. The highest BCUT2D eigenvalue weighted by Crippen LogP contribution is 2.20. The smallest absolute Gasteiger partial charge is 0.204 e. The molecular weight excluding hydrogens is 238 g/mol. The first-order valence-corrected chi connectivity index (χ1v) is 6.95. The van der Waals surface area contributed by atoms with Gasteiger partial charge in [0, 0.05) is 18.2 Å². The highest BCUT2D eigenvalue weighted by atomic mass is 15.6. The minimum absolute atomic E-state index is 0.283. The predicted molar refractivity (Wildman–Crippen MR) is 73.6 cm³/mol. The molecule has 0 bridgehead atoms. The molecule has 1 aromatic heterocycles. The van der Waals surface area contributed by atoms with Crippen molar-refractivity contribution in [2.75, 3.05) is 6.54 Å². The van der Waals surface area contributed by atoms with Gasteiger partial charge in [-0.3, -0.25) is 0 Å². The molecule has 5 nitrogen and oxygen atoms in total. The van der Waals surface area contributed by atoms with Crippen molar-refractivity contribution in [3.63, 3.8) is 0 Å². The molecule has 1 unspecified atom stereocenters. The van der Waals surface area contributed by atoms with Gasteiger partial charge in [-0.05, 0) is 24.5 Å². The van der Waals surface area contributed by atoms with Gasteiger partial charge in [0.2, 0.25) is 5.82 Å². The summed E-state index contributed by atoms with van der Waals surface area (Å²) < 4.78 is 0. The Morgan fingerprint density at radius 3 is 2.79 bits per heavy atom. The number of aromatic nitrogens is 4. The van der Waals surface area contributed by atoms with Crippen molar-refractivity contribution in [1.29, 1.82) is 0 Å². The van der Waals surface area contributed by atoms with Gasteiger partial charge in [-0.1, -0.05) is 37.3 Å². The van der Waals surface area contributed by atoms with E-state index < -0.39 is 0 Å². The minimum Gasteiger partial charge on any atom is -0.312 e. The molecule has 3 rings (SSSR count). The van der Waals surface area contributed by atoms with Gasteiger partial charge in [0.1, 0.15) is 0 Å². The zero-order chi connectivity index (χ0) is 13.1. The SMILES string of the molecule is CCC(CNC1CC1)n1nnc(-c2ccccc2)n1. The van der Waals surface area contributed by atoms with Gasteiger partial charge in [0.05, 0.1) is 6.04 Å². The van der Waals surface area contributed by atoms with Gasteiger partial charge in [-0.15, -0.1) is 10.2 Å². The molecule has 0 amide bonds. The molecule has 1 fully saturated rings. The number of rotatable bonds is 6. The van der Waals surface area contributed by atoms with Gasteiger partial charge in [-0.2, -0.15) is 4.80 Å². The summed E-state index contributed by atoms with van der Waals surface area (Å²) in [6, 6.07) is 11.0. The van der Waals surface area contributed by atoms with E-state index in [-0.39, 0.29) is 6.04 Å². The zero-order valence-electron chi connectivity index (χ0n) is 11.2.